The number of rotatable bonds is 13. The molecule has 9 heteroatoms. The van der Waals surface area contributed by atoms with Gasteiger partial charge in [0.25, 0.3) is 10.0 Å². The quantitative estimate of drug-likeness (QED) is 0.187. The minimum absolute atomic E-state index is 0.0740. The normalized spacial score (nSPS) is 11.9. The van der Waals surface area contributed by atoms with Crippen molar-refractivity contribution in [2.75, 3.05) is 17.4 Å². The summed E-state index contributed by atoms with van der Waals surface area (Å²) < 4.78 is 29.4. The van der Waals surface area contributed by atoms with E-state index in [1.54, 1.807) is 73.7 Å². The third kappa shape index (κ3) is 8.27. The topological polar surface area (TPSA) is 86.8 Å². The van der Waals surface area contributed by atoms with Crippen LogP contribution in [0.25, 0.3) is 0 Å². The Morgan fingerprint density at radius 2 is 1.45 bits per heavy atom. The van der Waals surface area contributed by atoms with Gasteiger partial charge >= 0.3 is 0 Å². The van der Waals surface area contributed by atoms with Crippen molar-refractivity contribution >= 4 is 39.1 Å². The smallest absolute Gasteiger partial charge is 0.264 e. The molecule has 0 aliphatic heterocycles. The van der Waals surface area contributed by atoms with Crippen LogP contribution in [0.3, 0.4) is 0 Å². The number of nitrogens with zero attached hydrogens (tertiary/aromatic N) is 2. The Balaban J connectivity index is 1.80. The van der Waals surface area contributed by atoms with E-state index in [0.717, 1.165) is 27.4 Å². The highest BCUT2D eigenvalue weighted by atomic mass is 35.5. The van der Waals surface area contributed by atoms with Gasteiger partial charge in [0.15, 0.2) is 0 Å². The molecule has 2 amide bonds. The molecule has 1 unspecified atom stereocenters. The molecule has 0 radical (unpaired) electrons. The zero-order chi connectivity index (χ0) is 31.7. The zero-order valence-electron chi connectivity index (χ0n) is 25.2. The lowest BCUT2D eigenvalue weighted by molar-refractivity contribution is -0.140. The van der Waals surface area contributed by atoms with Crippen LogP contribution in [-0.2, 0) is 32.6 Å². The van der Waals surface area contributed by atoms with Crippen molar-refractivity contribution in [1.82, 2.24) is 10.2 Å². The lowest BCUT2D eigenvalue weighted by Gasteiger charge is -2.34. The second kappa shape index (κ2) is 15.0. The van der Waals surface area contributed by atoms with E-state index < -0.39 is 28.5 Å². The molecular formula is C35H38ClN3O4S. The molecule has 0 heterocycles. The Kier molecular flexibility index (Phi) is 11.2. The monoisotopic (exact) mass is 631 g/mol. The largest absolute Gasteiger partial charge is 0.354 e. The number of amides is 2. The molecule has 1 atom stereocenters. The van der Waals surface area contributed by atoms with Gasteiger partial charge in [-0.05, 0) is 67.3 Å². The highest BCUT2D eigenvalue weighted by Gasteiger charge is 2.35. The summed E-state index contributed by atoms with van der Waals surface area (Å²) in [6.07, 6.45) is 0.982. The average molecular weight is 632 g/mol. The summed E-state index contributed by atoms with van der Waals surface area (Å²) in [7, 11) is -4.15. The van der Waals surface area contributed by atoms with Gasteiger partial charge in [0.05, 0.1) is 10.6 Å². The minimum Gasteiger partial charge on any atom is -0.354 e. The predicted molar refractivity (Wildman–Crippen MR) is 176 cm³/mol. The summed E-state index contributed by atoms with van der Waals surface area (Å²) in [5, 5.41) is 3.50. The summed E-state index contributed by atoms with van der Waals surface area (Å²) >= 11 is 6.14. The molecule has 0 spiro atoms. The van der Waals surface area contributed by atoms with Crippen molar-refractivity contribution in [2.24, 2.45) is 0 Å². The second-order valence-electron chi connectivity index (χ2n) is 10.8. The fraction of sp³-hybridized carbons (Fsp3) is 0.257. The number of aryl methyl sites for hydroxylation is 2. The van der Waals surface area contributed by atoms with E-state index in [-0.39, 0.29) is 23.8 Å². The van der Waals surface area contributed by atoms with Gasteiger partial charge in [-0.3, -0.25) is 13.9 Å². The first-order valence-corrected chi connectivity index (χ1v) is 16.4. The van der Waals surface area contributed by atoms with E-state index in [2.05, 4.69) is 5.32 Å². The third-order valence-corrected chi connectivity index (χ3v) is 9.38. The van der Waals surface area contributed by atoms with E-state index in [4.69, 9.17) is 11.6 Å². The first-order chi connectivity index (χ1) is 21.1. The minimum atomic E-state index is -4.15. The van der Waals surface area contributed by atoms with Crippen LogP contribution in [0, 0.1) is 13.8 Å². The lowest BCUT2D eigenvalue weighted by atomic mass is 10.0. The summed E-state index contributed by atoms with van der Waals surface area (Å²) in [6.45, 7) is 5.67. The van der Waals surface area contributed by atoms with Gasteiger partial charge in [0, 0.05) is 24.5 Å². The molecule has 230 valence electrons. The van der Waals surface area contributed by atoms with Crippen molar-refractivity contribution in [2.45, 2.75) is 51.1 Å². The molecule has 4 aromatic rings. The van der Waals surface area contributed by atoms with E-state index in [0.29, 0.717) is 22.8 Å². The van der Waals surface area contributed by atoms with Gasteiger partial charge in [0.2, 0.25) is 11.8 Å². The molecule has 44 heavy (non-hydrogen) atoms. The van der Waals surface area contributed by atoms with Gasteiger partial charge in [0.1, 0.15) is 12.6 Å². The van der Waals surface area contributed by atoms with E-state index in [9.17, 15) is 18.0 Å². The lowest BCUT2D eigenvalue weighted by Crippen LogP contribution is -2.53. The van der Waals surface area contributed by atoms with Crippen molar-refractivity contribution in [3.05, 3.63) is 130 Å². The molecule has 7 nitrogen and oxygen atoms in total. The van der Waals surface area contributed by atoms with Crippen molar-refractivity contribution in [3.63, 3.8) is 0 Å². The SMILES string of the molecule is CCCNC(=O)C(Cc1ccccc1)N(Cc1ccc(Cl)cc1)C(=O)CN(c1ccccc1C)S(=O)(=O)c1ccc(C)cc1. The molecule has 4 rings (SSSR count). The van der Waals surface area contributed by atoms with Crippen LogP contribution >= 0.6 is 11.6 Å². The third-order valence-electron chi connectivity index (χ3n) is 7.36. The van der Waals surface area contributed by atoms with Crippen molar-refractivity contribution in [1.29, 1.82) is 0 Å². The number of carbonyl (C=O) groups excluding carboxylic acids is 2. The average Bonchev–Trinajstić information content (AvgIpc) is 3.02. The molecule has 1 N–H and O–H groups in total. The molecule has 0 fully saturated rings. The number of carbonyl (C=O) groups is 2. The maximum Gasteiger partial charge on any atom is 0.264 e. The maximum atomic E-state index is 14.5. The molecule has 4 aromatic carbocycles. The summed E-state index contributed by atoms with van der Waals surface area (Å²) in [5.41, 5.74) is 3.64. The molecule has 0 aromatic heterocycles. The van der Waals surface area contributed by atoms with Crippen molar-refractivity contribution < 1.29 is 18.0 Å². The predicted octanol–water partition coefficient (Wildman–Crippen LogP) is 6.32. The summed E-state index contributed by atoms with van der Waals surface area (Å²) in [4.78, 5) is 29.7. The van der Waals surface area contributed by atoms with Crippen molar-refractivity contribution in [3.8, 4) is 0 Å². The Hall–Kier alpha value is -4.14. The van der Waals surface area contributed by atoms with Gasteiger partial charge < -0.3 is 10.2 Å². The van der Waals surface area contributed by atoms with Crippen LogP contribution < -0.4 is 9.62 Å². The number of halogens is 1. The number of sulfonamides is 1. The van der Waals surface area contributed by atoms with Crippen LogP contribution in [-0.4, -0.2) is 44.3 Å². The fourth-order valence-electron chi connectivity index (χ4n) is 4.90. The Morgan fingerprint density at radius 1 is 0.818 bits per heavy atom. The molecule has 0 saturated heterocycles. The molecular weight excluding hydrogens is 594 g/mol. The standard InChI is InChI=1S/C35H38ClN3O4S/c1-4-22-37-35(41)33(23-28-11-6-5-7-12-28)38(24-29-16-18-30(36)19-17-29)34(40)25-39(32-13-9-8-10-27(32)3)44(42,43)31-20-14-26(2)15-21-31/h5-21,33H,4,22-25H2,1-3H3,(H,37,41). The Labute approximate surface area is 265 Å². The molecule has 0 saturated carbocycles. The van der Waals surface area contributed by atoms with E-state index >= 15 is 0 Å². The van der Waals surface area contributed by atoms with Crippen LogP contribution in [0.15, 0.2) is 108 Å². The van der Waals surface area contributed by atoms with Crippen LogP contribution in [0.1, 0.15) is 35.6 Å². The van der Waals surface area contributed by atoms with Gasteiger partial charge in [-0.15, -0.1) is 0 Å². The van der Waals surface area contributed by atoms with Crippen LogP contribution in [0.4, 0.5) is 5.69 Å². The van der Waals surface area contributed by atoms with Gasteiger partial charge in [-0.1, -0.05) is 96.9 Å². The van der Waals surface area contributed by atoms with Crippen LogP contribution in [0.2, 0.25) is 5.02 Å². The maximum absolute atomic E-state index is 14.5. The molecule has 0 aliphatic carbocycles. The van der Waals surface area contributed by atoms with E-state index in [1.807, 2.05) is 50.2 Å². The molecule has 0 bridgehead atoms. The Morgan fingerprint density at radius 3 is 2.09 bits per heavy atom. The Bertz CT molecular complexity index is 1660. The van der Waals surface area contributed by atoms with Crippen LogP contribution in [0.5, 0.6) is 0 Å². The summed E-state index contributed by atoms with van der Waals surface area (Å²) in [6, 6.07) is 29.2. The highest BCUT2D eigenvalue weighted by Crippen LogP contribution is 2.28. The zero-order valence-corrected chi connectivity index (χ0v) is 26.8. The fourth-order valence-corrected chi connectivity index (χ4v) is 6.51. The number of para-hydroxylation sites is 1. The summed E-state index contributed by atoms with van der Waals surface area (Å²) in [5.74, 6) is -0.812. The highest BCUT2D eigenvalue weighted by molar-refractivity contribution is 7.92. The van der Waals surface area contributed by atoms with E-state index in [1.165, 1.54) is 4.90 Å². The molecule has 0 aliphatic rings. The first kappa shape index (κ1) is 32.8. The van der Waals surface area contributed by atoms with Gasteiger partial charge in [-0.25, -0.2) is 8.42 Å². The number of hydrogen-bond donors (Lipinski definition) is 1. The number of benzene rings is 4. The second-order valence-corrected chi connectivity index (χ2v) is 13.1. The van der Waals surface area contributed by atoms with Gasteiger partial charge in [-0.2, -0.15) is 0 Å². The number of nitrogens with one attached hydrogen (secondary N) is 1. The first-order valence-electron chi connectivity index (χ1n) is 14.6. The number of hydrogen-bond acceptors (Lipinski definition) is 4. The number of anilines is 1.